The Hall–Kier alpha value is -2.45. The molecule has 27 heavy (non-hydrogen) atoms. The highest BCUT2D eigenvalue weighted by Crippen LogP contribution is 2.22. The first kappa shape index (κ1) is 20.9. The lowest BCUT2D eigenvalue weighted by Crippen LogP contribution is -2.51. The number of epoxide rings is 1. The summed E-state index contributed by atoms with van der Waals surface area (Å²) in [5, 5.41) is 14.1. The molecule has 8 heteroatoms. The van der Waals surface area contributed by atoms with Gasteiger partial charge in [0.05, 0.1) is 13.2 Å². The van der Waals surface area contributed by atoms with Crippen molar-refractivity contribution in [3.05, 3.63) is 35.9 Å². The zero-order valence-corrected chi connectivity index (χ0v) is 15.5. The molecular formula is C19H26N2O6. The average molecular weight is 378 g/mol. The molecule has 0 aliphatic carbocycles. The van der Waals surface area contributed by atoms with Crippen LogP contribution in [0.1, 0.15) is 25.8 Å². The Bertz CT molecular complexity index is 649. The van der Waals surface area contributed by atoms with E-state index in [1.54, 1.807) is 0 Å². The molecule has 2 amide bonds. The highest BCUT2D eigenvalue weighted by Gasteiger charge is 2.51. The summed E-state index contributed by atoms with van der Waals surface area (Å²) in [5.41, 5.74) is 0.944. The van der Waals surface area contributed by atoms with Crippen molar-refractivity contribution in [2.75, 3.05) is 13.2 Å². The van der Waals surface area contributed by atoms with E-state index < -0.39 is 30.1 Å². The van der Waals surface area contributed by atoms with E-state index in [9.17, 15) is 14.4 Å². The number of rotatable bonds is 11. The molecule has 0 saturated carbocycles. The molecule has 2 rings (SSSR count). The summed E-state index contributed by atoms with van der Waals surface area (Å²) in [6, 6.07) is 8.52. The molecule has 0 bridgehead atoms. The molecule has 1 aliphatic rings. The van der Waals surface area contributed by atoms with Crippen molar-refractivity contribution in [1.82, 2.24) is 10.6 Å². The van der Waals surface area contributed by atoms with E-state index >= 15 is 0 Å². The zero-order valence-electron chi connectivity index (χ0n) is 15.5. The van der Waals surface area contributed by atoms with Crippen LogP contribution in [-0.4, -0.2) is 54.3 Å². The molecule has 1 saturated heterocycles. The summed E-state index contributed by atoms with van der Waals surface area (Å²) in [6.45, 7) is 4.84. The fraction of sp³-hybridized carbons (Fsp3) is 0.526. The van der Waals surface area contributed by atoms with Crippen molar-refractivity contribution in [3.8, 4) is 0 Å². The van der Waals surface area contributed by atoms with Crippen LogP contribution in [0, 0.1) is 5.92 Å². The van der Waals surface area contributed by atoms with Crippen molar-refractivity contribution >= 4 is 17.8 Å². The molecule has 3 N–H and O–H groups in total. The molecule has 1 heterocycles. The molecule has 0 radical (unpaired) electrons. The van der Waals surface area contributed by atoms with Gasteiger partial charge in [-0.15, -0.1) is 0 Å². The number of benzene rings is 1. The predicted octanol–water partition coefficient (Wildman–Crippen LogP) is 0.702. The Morgan fingerprint density at radius 1 is 1.19 bits per heavy atom. The number of hydrogen-bond donors (Lipinski definition) is 3. The normalized spacial score (nSPS) is 19.4. The Morgan fingerprint density at radius 3 is 2.48 bits per heavy atom. The van der Waals surface area contributed by atoms with E-state index in [2.05, 4.69) is 10.6 Å². The van der Waals surface area contributed by atoms with Crippen molar-refractivity contribution in [2.24, 2.45) is 5.92 Å². The minimum absolute atomic E-state index is 0.0292. The van der Waals surface area contributed by atoms with Crippen LogP contribution < -0.4 is 10.6 Å². The van der Waals surface area contributed by atoms with Crippen LogP contribution in [0.4, 0.5) is 0 Å². The first-order chi connectivity index (χ1) is 12.9. The maximum absolute atomic E-state index is 12.4. The van der Waals surface area contributed by atoms with Gasteiger partial charge in [-0.3, -0.25) is 9.59 Å². The number of nitrogens with one attached hydrogen (secondary N) is 2. The third-order valence-corrected chi connectivity index (χ3v) is 4.04. The number of carbonyl (C=O) groups excluding carboxylic acids is 2. The van der Waals surface area contributed by atoms with Gasteiger partial charge in [0.25, 0.3) is 5.91 Å². The number of carboxylic acid groups (broad SMARTS) is 1. The number of carboxylic acids is 1. The fourth-order valence-electron chi connectivity index (χ4n) is 2.41. The lowest BCUT2D eigenvalue weighted by atomic mass is 10.1. The lowest BCUT2D eigenvalue weighted by Gasteiger charge is -2.18. The molecule has 1 aliphatic heterocycles. The molecule has 0 spiro atoms. The molecule has 1 fully saturated rings. The SMILES string of the molecule is CC(C)CCNC(=O)[C@@H](COCc1ccccc1)NC(=O)[C@H]1O[C@@H]1C(=O)O. The second-order valence-corrected chi connectivity index (χ2v) is 6.85. The molecule has 0 unspecified atom stereocenters. The van der Waals surface area contributed by atoms with Gasteiger partial charge in [0, 0.05) is 6.54 Å². The highest BCUT2D eigenvalue weighted by molar-refractivity contribution is 5.95. The smallest absolute Gasteiger partial charge is 0.336 e. The van der Waals surface area contributed by atoms with E-state index in [1.807, 2.05) is 44.2 Å². The molecule has 1 aromatic carbocycles. The third-order valence-electron chi connectivity index (χ3n) is 4.04. The van der Waals surface area contributed by atoms with Gasteiger partial charge in [0.1, 0.15) is 6.04 Å². The molecule has 0 aromatic heterocycles. The average Bonchev–Trinajstić information content (AvgIpc) is 3.42. The Balaban J connectivity index is 1.87. The molecular weight excluding hydrogens is 352 g/mol. The van der Waals surface area contributed by atoms with Gasteiger partial charge < -0.3 is 25.2 Å². The largest absolute Gasteiger partial charge is 0.479 e. The Kier molecular flexibility index (Phi) is 7.75. The zero-order chi connectivity index (χ0) is 19.8. The Labute approximate surface area is 158 Å². The topological polar surface area (TPSA) is 117 Å². The minimum atomic E-state index is -1.20. The van der Waals surface area contributed by atoms with Crippen molar-refractivity contribution in [3.63, 3.8) is 0 Å². The van der Waals surface area contributed by atoms with Crippen LogP contribution in [0.15, 0.2) is 30.3 Å². The van der Waals surface area contributed by atoms with E-state index in [0.717, 1.165) is 12.0 Å². The summed E-state index contributed by atoms with van der Waals surface area (Å²) in [6.07, 6.45) is -1.41. The summed E-state index contributed by atoms with van der Waals surface area (Å²) in [4.78, 5) is 35.3. The van der Waals surface area contributed by atoms with Gasteiger partial charge >= 0.3 is 5.97 Å². The summed E-state index contributed by atoms with van der Waals surface area (Å²) < 4.78 is 10.4. The number of amides is 2. The summed E-state index contributed by atoms with van der Waals surface area (Å²) in [7, 11) is 0. The maximum atomic E-state index is 12.4. The third kappa shape index (κ3) is 6.99. The van der Waals surface area contributed by atoms with Crippen LogP contribution in [0.3, 0.4) is 0 Å². The number of hydrogen-bond acceptors (Lipinski definition) is 5. The molecule has 8 nitrogen and oxygen atoms in total. The van der Waals surface area contributed by atoms with Crippen LogP contribution in [0.25, 0.3) is 0 Å². The van der Waals surface area contributed by atoms with Crippen LogP contribution in [0.5, 0.6) is 0 Å². The van der Waals surface area contributed by atoms with E-state index in [-0.39, 0.29) is 12.5 Å². The second kappa shape index (κ2) is 10.0. The van der Waals surface area contributed by atoms with Gasteiger partial charge in [-0.05, 0) is 17.9 Å². The number of ether oxygens (including phenoxy) is 2. The van der Waals surface area contributed by atoms with Crippen molar-refractivity contribution in [1.29, 1.82) is 0 Å². The molecule has 1 aromatic rings. The lowest BCUT2D eigenvalue weighted by molar-refractivity contribution is -0.138. The van der Waals surface area contributed by atoms with E-state index in [4.69, 9.17) is 14.6 Å². The monoisotopic (exact) mass is 378 g/mol. The van der Waals surface area contributed by atoms with E-state index in [1.165, 1.54) is 0 Å². The first-order valence-corrected chi connectivity index (χ1v) is 8.96. The van der Waals surface area contributed by atoms with E-state index in [0.29, 0.717) is 19.1 Å². The summed E-state index contributed by atoms with van der Waals surface area (Å²) >= 11 is 0. The highest BCUT2D eigenvalue weighted by atomic mass is 16.6. The van der Waals surface area contributed by atoms with Gasteiger partial charge in [-0.2, -0.15) is 0 Å². The van der Waals surface area contributed by atoms with Crippen LogP contribution in [-0.2, 0) is 30.5 Å². The summed E-state index contributed by atoms with van der Waals surface area (Å²) in [5.74, 6) is -1.77. The van der Waals surface area contributed by atoms with Gasteiger partial charge in [-0.1, -0.05) is 44.2 Å². The van der Waals surface area contributed by atoms with Gasteiger partial charge in [-0.25, -0.2) is 4.79 Å². The molecule has 3 atom stereocenters. The quantitative estimate of drug-likeness (QED) is 0.488. The van der Waals surface area contributed by atoms with Crippen LogP contribution in [0.2, 0.25) is 0 Å². The Morgan fingerprint density at radius 2 is 1.89 bits per heavy atom. The fourth-order valence-corrected chi connectivity index (χ4v) is 2.41. The van der Waals surface area contributed by atoms with Gasteiger partial charge in [0.2, 0.25) is 5.91 Å². The second-order valence-electron chi connectivity index (χ2n) is 6.85. The standard InChI is InChI=1S/C19H26N2O6/c1-12(2)8-9-20-17(22)14(11-26-10-13-6-4-3-5-7-13)21-18(23)15-16(27-15)19(24)25/h3-7,12,14-16H,8-11H2,1-2H3,(H,20,22)(H,21,23)(H,24,25)/t14-,15+,16+/m1/s1. The minimum Gasteiger partial charge on any atom is -0.479 e. The van der Waals surface area contributed by atoms with Crippen molar-refractivity contribution < 1.29 is 29.0 Å². The van der Waals surface area contributed by atoms with Crippen molar-refractivity contribution in [2.45, 2.75) is 45.1 Å². The first-order valence-electron chi connectivity index (χ1n) is 8.96. The predicted molar refractivity (Wildman–Crippen MR) is 96.8 cm³/mol. The molecule has 148 valence electrons. The van der Waals surface area contributed by atoms with Crippen LogP contribution >= 0.6 is 0 Å². The maximum Gasteiger partial charge on any atom is 0.336 e. The number of aliphatic carboxylic acids is 1. The number of carbonyl (C=O) groups is 3. The van der Waals surface area contributed by atoms with Gasteiger partial charge in [0.15, 0.2) is 12.2 Å².